The van der Waals surface area contributed by atoms with Crippen molar-refractivity contribution in [2.24, 2.45) is 0 Å². The van der Waals surface area contributed by atoms with Crippen LogP contribution in [0.4, 0.5) is 8.78 Å². The molecule has 2 aromatic rings. The Labute approximate surface area is 216 Å². The fraction of sp³-hybridized carbons (Fsp3) is 0.536. The number of benzene rings is 2. The van der Waals surface area contributed by atoms with Gasteiger partial charge in [0.1, 0.15) is 36.2 Å². The second-order valence-corrected chi connectivity index (χ2v) is 10.5. The van der Waals surface area contributed by atoms with E-state index in [9.17, 15) is 23.8 Å². The molecule has 0 unspecified atom stereocenters. The van der Waals surface area contributed by atoms with E-state index in [-0.39, 0.29) is 38.0 Å². The molecule has 1 amide bonds. The summed E-state index contributed by atoms with van der Waals surface area (Å²) in [5, 5.41) is 23.0. The first-order chi connectivity index (χ1) is 17.7. The molecular formula is C28H36F2N2O5. The monoisotopic (exact) mass is 518 g/mol. The largest absolute Gasteiger partial charge is 0.490 e. The van der Waals surface area contributed by atoms with E-state index in [0.717, 1.165) is 31.0 Å². The molecule has 1 saturated carbocycles. The molecule has 0 bridgehead atoms. The number of rotatable bonds is 8. The van der Waals surface area contributed by atoms with Crippen LogP contribution in [0.5, 0.6) is 5.75 Å². The number of carbonyl (C=O) groups is 1. The fourth-order valence-corrected chi connectivity index (χ4v) is 5.51. The van der Waals surface area contributed by atoms with E-state index in [0.29, 0.717) is 38.4 Å². The lowest BCUT2D eigenvalue weighted by Gasteiger charge is -2.40. The van der Waals surface area contributed by atoms with Crippen LogP contribution < -0.4 is 4.74 Å². The van der Waals surface area contributed by atoms with Crippen molar-refractivity contribution in [3.63, 3.8) is 0 Å². The summed E-state index contributed by atoms with van der Waals surface area (Å²) in [6.45, 7) is 0.842. The molecule has 202 valence electrons. The average Bonchev–Trinajstić information content (AvgIpc) is 3.02. The maximum absolute atomic E-state index is 13.6. The molecule has 9 heteroatoms. The molecule has 4 rings (SSSR count). The van der Waals surface area contributed by atoms with E-state index >= 15 is 0 Å². The summed E-state index contributed by atoms with van der Waals surface area (Å²) in [5.41, 5.74) is -1.16. The molecule has 1 heterocycles. The van der Waals surface area contributed by atoms with Gasteiger partial charge in [-0.05, 0) is 37.2 Å². The minimum atomic E-state index is -1.53. The Balaban J connectivity index is 1.44. The minimum Gasteiger partial charge on any atom is -0.490 e. The van der Waals surface area contributed by atoms with Crippen molar-refractivity contribution in [2.75, 3.05) is 53.0 Å². The Bertz CT molecular complexity index is 1030. The third-order valence-electron chi connectivity index (χ3n) is 7.36. The summed E-state index contributed by atoms with van der Waals surface area (Å²) in [4.78, 5) is 16.1. The van der Waals surface area contributed by atoms with Gasteiger partial charge in [0.05, 0.1) is 12.1 Å². The predicted octanol–water partition coefficient (Wildman–Crippen LogP) is 2.95. The van der Waals surface area contributed by atoms with Crippen molar-refractivity contribution in [2.45, 2.75) is 42.8 Å². The Morgan fingerprint density at radius 2 is 1.68 bits per heavy atom. The first-order valence-electron chi connectivity index (χ1n) is 12.7. The molecule has 0 aromatic heterocycles. The highest BCUT2D eigenvalue weighted by molar-refractivity contribution is 5.77. The number of nitrogens with zero attached hydrogens (tertiary/aromatic N) is 2. The van der Waals surface area contributed by atoms with Crippen LogP contribution in [0.25, 0.3) is 0 Å². The van der Waals surface area contributed by atoms with Gasteiger partial charge in [-0.15, -0.1) is 0 Å². The molecule has 7 nitrogen and oxygen atoms in total. The third-order valence-corrected chi connectivity index (χ3v) is 7.36. The SMILES string of the molecule is COCC(=O)N1CCN(CC2(O)CCC(c3ccccc3)CC2)C[C@@](O)(COc2cc(F)cc(F)c2)C1. The zero-order valence-corrected chi connectivity index (χ0v) is 21.2. The smallest absolute Gasteiger partial charge is 0.248 e. The lowest BCUT2D eigenvalue weighted by atomic mass is 9.76. The van der Waals surface area contributed by atoms with Gasteiger partial charge in [0.15, 0.2) is 0 Å². The number of ether oxygens (including phenoxy) is 2. The number of β-amino-alcohol motifs (C(OH)–C–C–N with tert-alkyl or cyclic N) is 2. The van der Waals surface area contributed by atoms with Gasteiger partial charge in [0.2, 0.25) is 5.91 Å². The van der Waals surface area contributed by atoms with Gasteiger partial charge < -0.3 is 24.6 Å². The highest BCUT2D eigenvalue weighted by Crippen LogP contribution is 2.38. The molecule has 2 N–H and O–H groups in total. The minimum absolute atomic E-state index is 0.0298. The van der Waals surface area contributed by atoms with E-state index < -0.39 is 22.8 Å². The summed E-state index contributed by atoms with van der Waals surface area (Å²) < 4.78 is 37.8. The van der Waals surface area contributed by atoms with Crippen molar-refractivity contribution < 1.29 is 33.3 Å². The molecule has 0 spiro atoms. The summed E-state index contributed by atoms with van der Waals surface area (Å²) in [6.07, 6.45) is 3.00. The van der Waals surface area contributed by atoms with Gasteiger partial charge in [0, 0.05) is 51.5 Å². The third kappa shape index (κ3) is 7.47. The predicted molar refractivity (Wildman–Crippen MR) is 134 cm³/mol. The molecule has 0 radical (unpaired) electrons. The van der Waals surface area contributed by atoms with Gasteiger partial charge in [-0.3, -0.25) is 9.69 Å². The maximum atomic E-state index is 13.6. The lowest BCUT2D eigenvalue weighted by Crippen LogP contribution is -2.54. The van der Waals surface area contributed by atoms with Crippen LogP contribution in [0.3, 0.4) is 0 Å². The zero-order chi connectivity index (χ0) is 26.5. The van der Waals surface area contributed by atoms with E-state index in [2.05, 4.69) is 12.1 Å². The van der Waals surface area contributed by atoms with Crippen LogP contribution in [-0.2, 0) is 9.53 Å². The number of carbonyl (C=O) groups excluding carboxylic acids is 1. The van der Waals surface area contributed by atoms with Crippen molar-refractivity contribution in [3.05, 3.63) is 65.7 Å². The first kappa shape index (κ1) is 27.4. The van der Waals surface area contributed by atoms with Crippen LogP contribution in [0, 0.1) is 11.6 Å². The van der Waals surface area contributed by atoms with Crippen molar-refractivity contribution in [1.29, 1.82) is 0 Å². The van der Waals surface area contributed by atoms with Gasteiger partial charge in [-0.2, -0.15) is 0 Å². The number of methoxy groups -OCH3 is 1. The summed E-state index contributed by atoms with van der Waals surface area (Å²) in [6, 6.07) is 13.1. The van der Waals surface area contributed by atoms with E-state index in [1.165, 1.54) is 17.6 Å². The molecule has 1 atom stereocenters. The summed E-state index contributed by atoms with van der Waals surface area (Å²) >= 11 is 0. The van der Waals surface area contributed by atoms with E-state index in [4.69, 9.17) is 9.47 Å². The van der Waals surface area contributed by atoms with Gasteiger partial charge in [-0.1, -0.05) is 30.3 Å². The van der Waals surface area contributed by atoms with Crippen LogP contribution >= 0.6 is 0 Å². The van der Waals surface area contributed by atoms with E-state index in [1.54, 1.807) is 0 Å². The standard InChI is InChI=1S/C28H36F2N2O5/c1-36-16-26(33)32-12-11-31(17-27(34)9-7-22(8-10-27)21-5-3-2-4-6-21)18-28(35,19-32)20-37-25-14-23(29)13-24(30)15-25/h2-6,13-15,22,34-35H,7-12,16-20H2,1H3/t22?,27?,28-/m0/s1. The Morgan fingerprint density at radius 1 is 1.00 bits per heavy atom. The highest BCUT2D eigenvalue weighted by Gasteiger charge is 2.41. The first-order valence-corrected chi connectivity index (χ1v) is 12.7. The molecule has 37 heavy (non-hydrogen) atoms. The van der Waals surface area contributed by atoms with Crippen molar-refractivity contribution >= 4 is 5.91 Å². The van der Waals surface area contributed by atoms with Crippen molar-refractivity contribution in [1.82, 2.24) is 9.80 Å². The molecule has 1 aliphatic carbocycles. The fourth-order valence-electron chi connectivity index (χ4n) is 5.51. The van der Waals surface area contributed by atoms with Crippen LogP contribution in [0.1, 0.15) is 37.2 Å². The second kappa shape index (κ2) is 11.9. The summed E-state index contributed by atoms with van der Waals surface area (Å²) in [7, 11) is 1.43. The molecule has 2 aliphatic rings. The Hall–Kier alpha value is -2.59. The number of aliphatic hydroxyl groups is 2. The van der Waals surface area contributed by atoms with Crippen LogP contribution in [0.2, 0.25) is 0 Å². The number of halogens is 2. The normalized spacial score (nSPS) is 27.1. The Kier molecular flexibility index (Phi) is 8.79. The molecule has 2 aromatic carbocycles. The quantitative estimate of drug-likeness (QED) is 0.559. The summed E-state index contributed by atoms with van der Waals surface area (Å²) in [5.74, 6) is -1.48. The number of hydrogen-bond acceptors (Lipinski definition) is 6. The van der Waals surface area contributed by atoms with Gasteiger partial charge in [0.25, 0.3) is 0 Å². The van der Waals surface area contributed by atoms with Crippen LogP contribution in [0.15, 0.2) is 48.5 Å². The zero-order valence-electron chi connectivity index (χ0n) is 21.2. The number of hydrogen-bond donors (Lipinski definition) is 2. The molecule has 2 fully saturated rings. The second-order valence-electron chi connectivity index (χ2n) is 10.5. The topological polar surface area (TPSA) is 82.5 Å². The van der Waals surface area contributed by atoms with Crippen molar-refractivity contribution in [3.8, 4) is 5.75 Å². The van der Waals surface area contributed by atoms with E-state index in [1.807, 2.05) is 23.1 Å². The number of amides is 1. The molecular weight excluding hydrogens is 482 g/mol. The van der Waals surface area contributed by atoms with Gasteiger partial charge in [-0.25, -0.2) is 8.78 Å². The highest BCUT2D eigenvalue weighted by atomic mass is 19.1. The lowest BCUT2D eigenvalue weighted by molar-refractivity contribution is -0.138. The Morgan fingerprint density at radius 3 is 2.32 bits per heavy atom. The molecule has 1 aliphatic heterocycles. The molecule has 1 saturated heterocycles. The average molecular weight is 519 g/mol. The van der Waals surface area contributed by atoms with Gasteiger partial charge >= 0.3 is 0 Å². The van der Waals surface area contributed by atoms with Crippen LogP contribution in [-0.4, -0.2) is 90.2 Å². The maximum Gasteiger partial charge on any atom is 0.248 e.